The number of hydrogen-bond donors (Lipinski definition) is 0. The highest BCUT2D eigenvalue weighted by atomic mass is 32.1. The van der Waals surface area contributed by atoms with Crippen LogP contribution in [0.2, 0.25) is 0 Å². The summed E-state index contributed by atoms with van der Waals surface area (Å²) in [5.41, 5.74) is 1.03. The number of piperazine rings is 1. The summed E-state index contributed by atoms with van der Waals surface area (Å²) in [6, 6.07) is 2.05. The predicted molar refractivity (Wildman–Crippen MR) is 71.8 cm³/mol. The van der Waals surface area contributed by atoms with Gasteiger partial charge in [-0.25, -0.2) is 0 Å². The third-order valence-corrected chi connectivity index (χ3v) is 4.39. The third kappa shape index (κ3) is 2.41. The molecule has 1 aromatic heterocycles. The van der Waals surface area contributed by atoms with Crippen LogP contribution in [0.5, 0.6) is 0 Å². The topological polar surface area (TPSA) is 40.6 Å². The standard InChI is InChI=1S/C13H18N2O2S/c1-9-4-7-18-12(9)13(17)15-6-5-14(11(3)16)8-10(15)2/h4,7,10H,5-6,8H2,1-3H3/t10-/m1/s1. The third-order valence-electron chi connectivity index (χ3n) is 3.39. The molecule has 1 saturated heterocycles. The highest BCUT2D eigenvalue weighted by Gasteiger charge is 2.30. The van der Waals surface area contributed by atoms with Gasteiger partial charge in [-0.3, -0.25) is 9.59 Å². The van der Waals surface area contributed by atoms with Crippen molar-refractivity contribution >= 4 is 23.2 Å². The number of aryl methyl sites for hydroxylation is 1. The Labute approximate surface area is 111 Å². The van der Waals surface area contributed by atoms with Crippen LogP contribution in [0.1, 0.15) is 29.1 Å². The van der Waals surface area contributed by atoms with Crippen molar-refractivity contribution in [3.05, 3.63) is 21.9 Å². The molecule has 2 amide bonds. The maximum atomic E-state index is 12.4. The van der Waals surface area contributed by atoms with Crippen LogP contribution in [0.25, 0.3) is 0 Å². The number of carbonyl (C=O) groups is 2. The second kappa shape index (κ2) is 5.10. The van der Waals surface area contributed by atoms with Crippen molar-refractivity contribution in [2.75, 3.05) is 19.6 Å². The highest BCUT2D eigenvalue weighted by molar-refractivity contribution is 7.12. The number of thiophene rings is 1. The zero-order valence-electron chi connectivity index (χ0n) is 11.0. The lowest BCUT2D eigenvalue weighted by molar-refractivity contribution is -0.131. The van der Waals surface area contributed by atoms with Gasteiger partial charge in [0.25, 0.3) is 5.91 Å². The molecule has 1 aliphatic heterocycles. The van der Waals surface area contributed by atoms with Crippen LogP contribution >= 0.6 is 11.3 Å². The smallest absolute Gasteiger partial charge is 0.264 e. The van der Waals surface area contributed by atoms with Gasteiger partial charge < -0.3 is 9.80 Å². The first kappa shape index (κ1) is 13.1. The molecule has 0 unspecified atom stereocenters. The van der Waals surface area contributed by atoms with E-state index in [0.29, 0.717) is 19.6 Å². The van der Waals surface area contributed by atoms with E-state index < -0.39 is 0 Å². The van der Waals surface area contributed by atoms with Gasteiger partial charge in [0.1, 0.15) is 0 Å². The lowest BCUT2D eigenvalue weighted by Gasteiger charge is -2.39. The molecule has 2 rings (SSSR count). The van der Waals surface area contributed by atoms with Crippen molar-refractivity contribution in [1.29, 1.82) is 0 Å². The van der Waals surface area contributed by atoms with E-state index in [1.807, 2.05) is 30.2 Å². The van der Waals surface area contributed by atoms with Crippen molar-refractivity contribution in [1.82, 2.24) is 9.80 Å². The van der Waals surface area contributed by atoms with Gasteiger partial charge in [0.15, 0.2) is 0 Å². The molecule has 0 saturated carbocycles. The van der Waals surface area contributed by atoms with Crippen LogP contribution in [0.15, 0.2) is 11.4 Å². The van der Waals surface area contributed by atoms with Gasteiger partial charge in [0.05, 0.1) is 4.88 Å². The fourth-order valence-electron chi connectivity index (χ4n) is 2.27. The van der Waals surface area contributed by atoms with Gasteiger partial charge in [-0.15, -0.1) is 11.3 Å². The summed E-state index contributed by atoms with van der Waals surface area (Å²) >= 11 is 1.49. The van der Waals surface area contributed by atoms with Crippen LogP contribution in [-0.4, -0.2) is 47.3 Å². The van der Waals surface area contributed by atoms with Crippen molar-refractivity contribution < 1.29 is 9.59 Å². The van der Waals surface area contributed by atoms with Crippen molar-refractivity contribution in [3.8, 4) is 0 Å². The van der Waals surface area contributed by atoms with Gasteiger partial charge >= 0.3 is 0 Å². The molecule has 2 heterocycles. The second-order valence-electron chi connectivity index (χ2n) is 4.75. The highest BCUT2D eigenvalue weighted by Crippen LogP contribution is 2.21. The maximum absolute atomic E-state index is 12.4. The van der Waals surface area contributed by atoms with Crippen molar-refractivity contribution in [2.24, 2.45) is 0 Å². The van der Waals surface area contributed by atoms with Crippen LogP contribution in [0.4, 0.5) is 0 Å². The zero-order valence-corrected chi connectivity index (χ0v) is 11.8. The fourth-order valence-corrected chi connectivity index (χ4v) is 3.15. The number of nitrogens with zero attached hydrogens (tertiary/aromatic N) is 2. The first-order valence-electron chi connectivity index (χ1n) is 6.11. The number of amides is 2. The Bertz CT molecular complexity index is 469. The van der Waals surface area contributed by atoms with E-state index >= 15 is 0 Å². The molecule has 98 valence electrons. The molecule has 0 N–H and O–H groups in total. The summed E-state index contributed by atoms with van der Waals surface area (Å²) in [6.07, 6.45) is 0. The van der Waals surface area contributed by atoms with E-state index in [-0.39, 0.29) is 17.9 Å². The molecule has 5 heteroatoms. The van der Waals surface area contributed by atoms with Crippen molar-refractivity contribution in [2.45, 2.75) is 26.8 Å². The molecule has 1 aliphatic rings. The zero-order chi connectivity index (χ0) is 13.3. The van der Waals surface area contributed by atoms with E-state index in [4.69, 9.17) is 0 Å². The maximum Gasteiger partial charge on any atom is 0.264 e. The largest absolute Gasteiger partial charge is 0.339 e. The fraction of sp³-hybridized carbons (Fsp3) is 0.538. The molecule has 1 fully saturated rings. The van der Waals surface area contributed by atoms with Gasteiger partial charge in [0, 0.05) is 32.6 Å². The first-order chi connectivity index (χ1) is 8.50. The van der Waals surface area contributed by atoms with Crippen LogP contribution < -0.4 is 0 Å². The van der Waals surface area contributed by atoms with Crippen LogP contribution in [0.3, 0.4) is 0 Å². The van der Waals surface area contributed by atoms with Gasteiger partial charge in [0.2, 0.25) is 5.91 Å². The van der Waals surface area contributed by atoms with Gasteiger partial charge in [-0.05, 0) is 30.9 Å². The summed E-state index contributed by atoms with van der Waals surface area (Å²) < 4.78 is 0. The Kier molecular flexibility index (Phi) is 3.71. The summed E-state index contributed by atoms with van der Waals surface area (Å²) in [4.78, 5) is 28.2. The van der Waals surface area contributed by atoms with E-state index in [1.165, 1.54) is 11.3 Å². The van der Waals surface area contributed by atoms with Crippen LogP contribution in [-0.2, 0) is 4.79 Å². The minimum atomic E-state index is 0.0802. The molecule has 0 radical (unpaired) electrons. The Balaban J connectivity index is 2.10. The molecule has 18 heavy (non-hydrogen) atoms. The molecule has 4 nitrogen and oxygen atoms in total. The Morgan fingerprint density at radius 2 is 2.11 bits per heavy atom. The van der Waals surface area contributed by atoms with E-state index in [1.54, 1.807) is 11.8 Å². The molecular weight excluding hydrogens is 248 g/mol. The Hall–Kier alpha value is -1.36. The minimum Gasteiger partial charge on any atom is -0.339 e. The molecular formula is C13H18N2O2S. The van der Waals surface area contributed by atoms with Gasteiger partial charge in [-0.2, -0.15) is 0 Å². The van der Waals surface area contributed by atoms with Crippen LogP contribution in [0, 0.1) is 6.92 Å². The predicted octanol–water partition coefficient (Wildman–Crippen LogP) is 1.75. The average molecular weight is 266 g/mol. The number of rotatable bonds is 1. The van der Waals surface area contributed by atoms with E-state index in [9.17, 15) is 9.59 Å². The Morgan fingerprint density at radius 1 is 1.39 bits per heavy atom. The summed E-state index contributed by atoms with van der Waals surface area (Å²) in [6.45, 7) is 7.42. The van der Waals surface area contributed by atoms with Crippen molar-refractivity contribution in [3.63, 3.8) is 0 Å². The lowest BCUT2D eigenvalue weighted by atomic mass is 10.1. The normalized spacial score (nSPS) is 20.1. The number of carbonyl (C=O) groups excluding carboxylic acids is 2. The summed E-state index contributed by atoms with van der Waals surface area (Å²) in [5, 5.41) is 1.94. The molecule has 0 spiro atoms. The average Bonchev–Trinajstić information content (AvgIpc) is 2.74. The summed E-state index contributed by atoms with van der Waals surface area (Å²) in [7, 11) is 0. The lowest BCUT2D eigenvalue weighted by Crippen LogP contribution is -2.55. The van der Waals surface area contributed by atoms with E-state index in [2.05, 4.69) is 0 Å². The monoisotopic (exact) mass is 266 g/mol. The second-order valence-corrected chi connectivity index (χ2v) is 5.66. The summed E-state index contributed by atoms with van der Waals surface area (Å²) in [5.74, 6) is 0.180. The van der Waals surface area contributed by atoms with Gasteiger partial charge in [-0.1, -0.05) is 0 Å². The number of hydrogen-bond acceptors (Lipinski definition) is 3. The van der Waals surface area contributed by atoms with E-state index in [0.717, 1.165) is 10.4 Å². The molecule has 0 bridgehead atoms. The Morgan fingerprint density at radius 3 is 2.61 bits per heavy atom. The SMILES string of the molecule is CC(=O)N1CCN(C(=O)c2sccc2C)[C@H](C)C1. The minimum absolute atomic E-state index is 0.0802. The first-order valence-corrected chi connectivity index (χ1v) is 6.99. The molecule has 1 aromatic rings. The molecule has 0 aromatic carbocycles. The molecule has 1 atom stereocenters. The quantitative estimate of drug-likeness (QED) is 0.777. The molecule has 0 aliphatic carbocycles.